The van der Waals surface area contributed by atoms with Crippen molar-refractivity contribution >= 4 is 5.78 Å². The number of hydrogen-bond acceptors (Lipinski definition) is 2. The number of carbonyl (C=O) groups excluding carboxylic acids is 1. The first-order chi connectivity index (χ1) is 7.99. The van der Waals surface area contributed by atoms with Crippen molar-refractivity contribution in [3.05, 3.63) is 35.1 Å². The third kappa shape index (κ3) is 3.30. The molecule has 0 bridgehead atoms. The smallest absolute Gasteiger partial charge is 0.194 e. The lowest BCUT2D eigenvalue weighted by Crippen LogP contribution is -2.35. The van der Waals surface area contributed by atoms with Crippen LogP contribution in [0.2, 0.25) is 0 Å². The molecule has 0 aliphatic heterocycles. The molecule has 0 amide bonds. The molecule has 94 valence electrons. The summed E-state index contributed by atoms with van der Waals surface area (Å²) in [7, 11) is 1.59. The first kappa shape index (κ1) is 13.7. The van der Waals surface area contributed by atoms with Gasteiger partial charge in [-0.2, -0.15) is 0 Å². The fourth-order valence-corrected chi connectivity index (χ4v) is 1.58. The Hall–Kier alpha value is -1.36. The minimum Gasteiger partial charge on any atom is -0.310 e. The predicted molar refractivity (Wildman–Crippen MR) is 58.2 cm³/mol. The van der Waals surface area contributed by atoms with Crippen molar-refractivity contribution in [3.63, 3.8) is 0 Å². The molecule has 5 heteroatoms. The molecule has 2 nitrogen and oxygen atoms in total. The average Bonchev–Trinajstić information content (AvgIpc) is 2.31. The highest BCUT2D eigenvalue weighted by atomic mass is 19.2. The van der Waals surface area contributed by atoms with E-state index in [1.165, 1.54) is 0 Å². The molecule has 1 unspecified atom stereocenters. The minimum atomic E-state index is -1.49. The molecular formula is C12H14F3NO. The van der Waals surface area contributed by atoms with Crippen LogP contribution in [-0.2, 0) is 11.2 Å². The van der Waals surface area contributed by atoms with Crippen molar-refractivity contribution in [2.45, 2.75) is 25.8 Å². The Bertz CT molecular complexity index is 397. The molecule has 0 aromatic heterocycles. The molecule has 0 radical (unpaired) electrons. The number of hydrogen-bond donors (Lipinski definition) is 1. The Labute approximate surface area is 97.8 Å². The van der Waals surface area contributed by atoms with Crippen LogP contribution in [-0.4, -0.2) is 18.9 Å². The van der Waals surface area contributed by atoms with Gasteiger partial charge in [0.2, 0.25) is 0 Å². The Morgan fingerprint density at radius 1 is 1.29 bits per heavy atom. The lowest BCUT2D eigenvalue weighted by Gasteiger charge is -2.14. The maximum Gasteiger partial charge on any atom is 0.194 e. The van der Waals surface area contributed by atoms with Gasteiger partial charge in [-0.15, -0.1) is 0 Å². The summed E-state index contributed by atoms with van der Waals surface area (Å²) in [6.45, 7) is 1.71. The quantitative estimate of drug-likeness (QED) is 0.806. The van der Waals surface area contributed by atoms with Crippen molar-refractivity contribution in [1.29, 1.82) is 0 Å². The first-order valence-corrected chi connectivity index (χ1v) is 5.33. The van der Waals surface area contributed by atoms with E-state index in [0.717, 1.165) is 12.1 Å². The maximum atomic E-state index is 13.0. The number of nitrogens with one attached hydrogen (secondary N) is 1. The fraction of sp³-hybridized carbons (Fsp3) is 0.417. The zero-order valence-electron chi connectivity index (χ0n) is 9.69. The van der Waals surface area contributed by atoms with E-state index in [-0.39, 0.29) is 17.8 Å². The van der Waals surface area contributed by atoms with E-state index in [1.54, 1.807) is 14.0 Å². The summed E-state index contributed by atoms with van der Waals surface area (Å²) >= 11 is 0. The molecule has 1 rings (SSSR count). The first-order valence-electron chi connectivity index (χ1n) is 5.33. The Kier molecular flexibility index (Phi) is 4.69. The van der Waals surface area contributed by atoms with Crippen molar-refractivity contribution in [2.75, 3.05) is 7.05 Å². The van der Waals surface area contributed by atoms with Crippen LogP contribution in [0.15, 0.2) is 12.1 Å². The second kappa shape index (κ2) is 5.82. The van der Waals surface area contributed by atoms with Gasteiger partial charge in [0.05, 0.1) is 6.04 Å². The van der Waals surface area contributed by atoms with Crippen molar-refractivity contribution < 1.29 is 18.0 Å². The van der Waals surface area contributed by atoms with E-state index in [2.05, 4.69) is 5.32 Å². The van der Waals surface area contributed by atoms with Gasteiger partial charge in [0.25, 0.3) is 0 Å². The van der Waals surface area contributed by atoms with Crippen molar-refractivity contribution in [1.82, 2.24) is 5.32 Å². The molecule has 0 fully saturated rings. The highest BCUT2D eigenvalue weighted by Gasteiger charge is 2.17. The van der Waals surface area contributed by atoms with Crippen LogP contribution in [0.1, 0.15) is 18.9 Å². The van der Waals surface area contributed by atoms with Crippen LogP contribution in [0.5, 0.6) is 0 Å². The van der Waals surface area contributed by atoms with Gasteiger partial charge in [-0.3, -0.25) is 4.79 Å². The Morgan fingerprint density at radius 3 is 2.24 bits per heavy atom. The van der Waals surface area contributed by atoms with Gasteiger partial charge >= 0.3 is 0 Å². The fourth-order valence-electron chi connectivity index (χ4n) is 1.58. The lowest BCUT2D eigenvalue weighted by molar-refractivity contribution is -0.120. The van der Waals surface area contributed by atoms with E-state index in [1.807, 2.05) is 0 Å². The van der Waals surface area contributed by atoms with Crippen molar-refractivity contribution in [3.8, 4) is 0 Å². The van der Waals surface area contributed by atoms with Crippen LogP contribution in [0.4, 0.5) is 13.2 Å². The van der Waals surface area contributed by atoms with Crippen LogP contribution in [0.25, 0.3) is 0 Å². The SMILES string of the molecule is CCC(=O)C(Cc1cc(F)c(F)c(F)c1)NC. The lowest BCUT2D eigenvalue weighted by atomic mass is 10.0. The number of benzene rings is 1. The van der Waals surface area contributed by atoms with Gasteiger partial charge in [0.15, 0.2) is 17.5 Å². The van der Waals surface area contributed by atoms with Crippen LogP contribution < -0.4 is 5.32 Å². The molecular weight excluding hydrogens is 231 g/mol. The highest BCUT2D eigenvalue weighted by Crippen LogP contribution is 2.15. The molecule has 1 aromatic carbocycles. The van der Waals surface area contributed by atoms with Gasteiger partial charge in [0, 0.05) is 6.42 Å². The number of halogens is 3. The van der Waals surface area contributed by atoms with Gasteiger partial charge < -0.3 is 5.32 Å². The predicted octanol–water partition coefficient (Wildman–Crippen LogP) is 2.21. The molecule has 0 aliphatic rings. The number of Topliss-reactive ketones (excluding diaryl/α,β-unsaturated/α-hetero) is 1. The standard InChI is InChI=1S/C12H14F3NO/c1-3-11(17)10(16-2)6-7-4-8(13)12(15)9(14)5-7/h4-5,10,16H,3,6H2,1-2H3. The molecule has 1 N–H and O–H groups in total. The largest absolute Gasteiger partial charge is 0.310 e. The second-order valence-electron chi connectivity index (χ2n) is 3.74. The molecule has 1 aromatic rings. The molecule has 0 saturated heterocycles. The highest BCUT2D eigenvalue weighted by molar-refractivity contribution is 5.83. The van der Waals surface area contributed by atoms with Gasteiger partial charge in [-0.1, -0.05) is 6.92 Å². The third-order valence-electron chi connectivity index (χ3n) is 2.57. The topological polar surface area (TPSA) is 29.1 Å². The Balaban J connectivity index is 2.91. The summed E-state index contributed by atoms with van der Waals surface area (Å²) in [5, 5.41) is 2.77. The summed E-state index contributed by atoms with van der Waals surface area (Å²) < 4.78 is 38.6. The Morgan fingerprint density at radius 2 is 1.82 bits per heavy atom. The van der Waals surface area contributed by atoms with Gasteiger partial charge in [-0.05, 0) is 31.2 Å². The van der Waals surface area contributed by atoms with E-state index in [9.17, 15) is 18.0 Å². The van der Waals surface area contributed by atoms with Gasteiger partial charge in [0.1, 0.15) is 5.78 Å². The second-order valence-corrected chi connectivity index (χ2v) is 3.74. The molecule has 0 saturated carbocycles. The number of likely N-dealkylation sites (N-methyl/N-ethyl adjacent to an activating group) is 1. The zero-order valence-corrected chi connectivity index (χ0v) is 9.69. The summed E-state index contributed by atoms with van der Waals surface area (Å²) in [5.41, 5.74) is 0.252. The summed E-state index contributed by atoms with van der Waals surface area (Å²) in [4.78, 5) is 11.5. The molecule has 17 heavy (non-hydrogen) atoms. The molecule has 0 aliphatic carbocycles. The normalized spacial score (nSPS) is 12.5. The van der Waals surface area contributed by atoms with E-state index >= 15 is 0 Å². The van der Waals surface area contributed by atoms with Crippen molar-refractivity contribution in [2.24, 2.45) is 0 Å². The van der Waals surface area contributed by atoms with Gasteiger partial charge in [-0.25, -0.2) is 13.2 Å². The average molecular weight is 245 g/mol. The molecule has 1 atom stereocenters. The molecule has 0 heterocycles. The molecule has 0 spiro atoms. The van der Waals surface area contributed by atoms with E-state index < -0.39 is 23.5 Å². The zero-order chi connectivity index (χ0) is 13.0. The number of carbonyl (C=O) groups is 1. The maximum absolute atomic E-state index is 13.0. The van der Waals surface area contributed by atoms with E-state index in [0.29, 0.717) is 6.42 Å². The number of ketones is 1. The van der Waals surface area contributed by atoms with Crippen LogP contribution in [0, 0.1) is 17.5 Å². The number of rotatable bonds is 5. The third-order valence-corrected chi connectivity index (χ3v) is 2.57. The summed E-state index contributed by atoms with van der Waals surface area (Å²) in [6.07, 6.45) is 0.467. The summed E-state index contributed by atoms with van der Waals surface area (Å²) in [5.74, 6) is -4.02. The van der Waals surface area contributed by atoms with Crippen LogP contribution >= 0.6 is 0 Å². The van der Waals surface area contributed by atoms with E-state index in [4.69, 9.17) is 0 Å². The van der Waals surface area contributed by atoms with Crippen LogP contribution in [0.3, 0.4) is 0 Å². The monoisotopic (exact) mass is 245 g/mol. The summed E-state index contributed by atoms with van der Waals surface area (Å²) in [6, 6.07) is 1.31. The minimum absolute atomic E-state index is 0.0577.